The number of para-hydroxylation sites is 1. The lowest BCUT2D eigenvalue weighted by Gasteiger charge is -2.17. The Balaban J connectivity index is 1.99. The van der Waals surface area contributed by atoms with E-state index in [0.717, 1.165) is 25.0 Å². The minimum absolute atomic E-state index is 0.312. The number of nitrogens with two attached hydrogens (primary N) is 1. The quantitative estimate of drug-likeness (QED) is 0.785. The molecule has 3 heteroatoms. The molecular formula is C13H15N3. The van der Waals surface area contributed by atoms with E-state index >= 15 is 0 Å². The molecule has 1 unspecified atom stereocenters. The Morgan fingerprint density at radius 2 is 2.19 bits per heavy atom. The monoisotopic (exact) mass is 213 g/mol. The average molecular weight is 213 g/mol. The van der Waals surface area contributed by atoms with Crippen molar-refractivity contribution in [1.29, 1.82) is 0 Å². The SMILES string of the molecule is NC1CCN(c2cnc3ccccc3c2)C1. The van der Waals surface area contributed by atoms with E-state index in [1.807, 2.05) is 24.4 Å². The molecule has 3 nitrogen and oxygen atoms in total. The summed E-state index contributed by atoms with van der Waals surface area (Å²) in [7, 11) is 0. The van der Waals surface area contributed by atoms with Gasteiger partial charge >= 0.3 is 0 Å². The predicted molar refractivity (Wildman–Crippen MR) is 66.5 cm³/mol. The van der Waals surface area contributed by atoms with Gasteiger partial charge in [-0.3, -0.25) is 4.98 Å². The van der Waals surface area contributed by atoms with Crippen molar-refractivity contribution in [2.45, 2.75) is 12.5 Å². The number of fused-ring (bicyclic) bond motifs is 1. The van der Waals surface area contributed by atoms with E-state index in [9.17, 15) is 0 Å². The van der Waals surface area contributed by atoms with Crippen LogP contribution in [0.2, 0.25) is 0 Å². The van der Waals surface area contributed by atoms with Crippen molar-refractivity contribution in [1.82, 2.24) is 4.98 Å². The predicted octanol–water partition coefficient (Wildman–Crippen LogP) is 1.77. The highest BCUT2D eigenvalue weighted by molar-refractivity contribution is 5.81. The third kappa shape index (κ3) is 1.63. The fourth-order valence-corrected chi connectivity index (χ4v) is 2.25. The highest BCUT2D eigenvalue weighted by Crippen LogP contribution is 2.22. The molecule has 0 aliphatic carbocycles. The summed E-state index contributed by atoms with van der Waals surface area (Å²) in [6.07, 6.45) is 3.02. The largest absolute Gasteiger partial charge is 0.369 e. The highest BCUT2D eigenvalue weighted by Gasteiger charge is 2.19. The first-order chi connectivity index (χ1) is 7.83. The van der Waals surface area contributed by atoms with Gasteiger partial charge in [0, 0.05) is 24.5 Å². The van der Waals surface area contributed by atoms with Crippen LogP contribution < -0.4 is 10.6 Å². The van der Waals surface area contributed by atoms with E-state index in [2.05, 4.69) is 22.0 Å². The third-order valence-electron chi connectivity index (χ3n) is 3.17. The summed E-state index contributed by atoms with van der Waals surface area (Å²) in [6, 6.07) is 10.7. The third-order valence-corrected chi connectivity index (χ3v) is 3.17. The Bertz CT molecular complexity index is 509. The molecule has 1 aliphatic heterocycles. The molecule has 2 N–H and O–H groups in total. The second-order valence-corrected chi connectivity index (χ2v) is 4.38. The molecule has 82 valence electrons. The van der Waals surface area contributed by atoms with E-state index in [4.69, 9.17) is 5.73 Å². The molecule has 0 radical (unpaired) electrons. The van der Waals surface area contributed by atoms with Crippen molar-refractivity contribution in [2.75, 3.05) is 18.0 Å². The standard InChI is InChI=1S/C13H15N3/c14-11-5-6-16(9-11)12-7-10-3-1-2-4-13(10)15-8-12/h1-4,7-8,11H,5-6,9,14H2. The summed E-state index contributed by atoms with van der Waals surface area (Å²) in [5.41, 5.74) is 8.15. The lowest BCUT2D eigenvalue weighted by Crippen LogP contribution is -2.26. The number of hydrogen-bond acceptors (Lipinski definition) is 3. The molecular weight excluding hydrogens is 198 g/mol. The summed E-state index contributed by atoms with van der Waals surface area (Å²) in [5, 5.41) is 1.19. The molecule has 1 aromatic carbocycles. The lowest BCUT2D eigenvalue weighted by atomic mass is 10.2. The van der Waals surface area contributed by atoms with Crippen LogP contribution in [0.25, 0.3) is 10.9 Å². The van der Waals surface area contributed by atoms with E-state index < -0.39 is 0 Å². The molecule has 1 aliphatic rings. The van der Waals surface area contributed by atoms with E-state index in [0.29, 0.717) is 6.04 Å². The molecule has 2 aromatic rings. The molecule has 0 spiro atoms. The van der Waals surface area contributed by atoms with Crippen LogP contribution in [0, 0.1) is 0 Å². The van der Waals surface area contributed by atoms with Crippen LogP contribution in [0.4, 0.5) is 5.69 Å². The van der Waals surface area contributed by atoms with Gasteiger partial charge in [0.2, 0.25) is 0 Å². The number of nitrogens with zero attached hydrogens (tertiary/aromatic N) is 2. The number of anilines is 1. The Morgan fingerprint density at radius 3 is 3.00 bits per heavy atom. The van der Waals surface area contributed by atoms with Crippen LogP contribution in [-0.2, 0) is 0 Å². The molecule has 0 amide bonds. The molecule has 1 aromatic heterocycles. The average Bonchev–Trinajstić information content (AvgIpc) is 2.75. The van der Waals surface area contributed by atoms with E-state index in [1.54, 1.807) is 0 Å². The van der Waals surface area contributed by atoms with Gasteiger partial charge in [-0.15, -0.1) is 0 Å². The van der Waals surface area contributed by atoms with Crippen molar-refractivity contribution in [2.24, 2.45) is 5.73 Å². The topological polar surface area (TPSA) is 42.1 Å². The van der Waals surface area contributed by atoms with Gasteiger partial charge in [-0.25, -0.2) is 0 Å². The van der Waals surface area contributed by atoms with Crippen LogP contribution in [0.5, 0.6) is 0 Å². The molecule has 1 saturated heterocycles. The first-order valence-corrected chi connectivity index (χ1v) is 5.68. The molecule has 3 rings (SSSR count). The minimum atomic E-state index is 0.312. The second kappa shape index (κ2) is 3.76. The molecule has 0 bridgehead atoms. The van der Waals surface area contributed by atoms with Gasteiger partial charge in [0.25, 0.3) is 0 Å². The van der Waals surface area contributed by atoms with Gasteiger partial charge in [-0.2, -0.15) is 0 Å². The van der Waals surface area contributed by atoms with Gasteiger partial charge in [0.1, 0.15) is 0 Å². The van der Waals surface area contributed by atoms with Crippen LogP contribution in [-0.4, -0.2) is 24.1 Å². The van der Waals surface area contributed by atoms with Gasteiger partial charge in [0.05, 0.1) is 17.4 Å². The second-order valence-electron chi connectivity index (χ2n) is 4.38. The minimum Gasteiger partial charge on any atom is -0.369 e. The van der Waals surface area contributed by atoms with Crippen LogP contribution in [0.3, 0.4) is 0 Å². The maximum absolute atomic E-state index is 5.91. The summed E-state index contributed by atoms with van der Waals surface area (Å²) >= 11 is 0. The van der Waals surface area contributed by atoms with Crippen molar-refractivity contribution >= 4 is 16.6 Å². The zero-order valence-corrected chi connectivity index (χ0v) is 9.13. The first-order valence-electron chi connectivity index (χ1n) is 5.68. The zero-order valence-electron chi connectivity index (χ0n) is 9.13. The van der Waals surface area contributed by atoms with Crippen LogP contribution >= 0.6 is 0 Å². The smallest absolute Gasteiger partial charge is 0.0703 e. The molecule has 16 heavy (non-hydrogen) atoms. The fourth-order valence-electron chi connectivity index (χ4n) is 2.25. The number of aromatic nitrogens is 1. The Hall–Kier alpha value is -1.61. The first kappa shape index (κ1) is 9.60. The van der Waals surface area contributed by atoms with Gasteiger partial charge in [0.15, 0.2) is 0 Å². The number of hydrogen-bond donors (Lipinski definition) is 1. The maximum Gasteiger partial charge on any atom is 0.0703 e. The van der Waals surface area contributed by atoms with Gasteiger partial charge in [-0.05, 0) is 18.6 Å². The maximum atomic E-state index is 5.91. The van der Waals surface area contributed by atoms with E-state index in [1.165, 1.54) is 11.1 Å². The number of pyridine rings is 1. The summed E-state index contributed by atoms with van der Waals surface area (Å²) in [5.74, 6) is 0. The van der Waals surface area contributed by atoms with Crippen LogP contribution in [0.1, 0.15) is 6.42 Å². The Morgan fingerprint density at radius 1 is 1.31 bits per heavy atom. The van der Waals surface area contributed by atoms with Gasteiger partial charge < -0.3 is 10.6 Å². The summed E-state index contributed by atoms with van der Waals surface area (Å²) in [4.78, 5) is 6.78. The van der Waals surface area contributed by atoms with Crippen molar-refractivity contribution < 1.29 is 0 Å². The van der Waals surface area contributed by atoms with Crippen molar-refractivity contribution in [3.05, 3.63) is 36.5 Å². The summed E-state index contributed by atoms with van der Waals surface area (Å²) in [6.45, 7) is 1.99. The fraction of sp³-hybridized carbons (Fsp3) is 0.308. The lowest BCUT2D eigenvalue weighted by molar-refractivity contribution is 0.752. The van der Waals surface area contributed by atoms with Crippen LogP contribution in [0.15, 0.2) is 36.5 Å². The number of benzene rings is 1. The number of rotatable bonds is 1. The normalized spacial score (nSPS) is 20.6. The Labute approximate surface area is 94.9 Å². The Kier molecular flexibility index (Phi) is 2.26. The highest BCUT2D eigenvalue weighted by atomic mass is 15.2. The van der Waals surface area contributed by atoms with Crippen molar-refractivity contribution in [3.8, 4) is 0 Å². The van der Waals surface area contributed by atoms with Crippen molar-refractivity contribution in [3.63, 3.8) is 0 Å². The molecule has 0 saturated carbocycles. The molecule has 1 fully saturated rings. The zero-order chi connectivity index (χ0) is 11.0. The molecule has 2 heterocycles. The summed E-state index contributed by atoms with van der Waals surface area (Å²) < 4.78 is 0. The van der Waals surface area contributed by atoms with E-state index in [-0.39, 0.29) is 0 Å². The molecule has 1 atom stereocenters. The van der Waals surface area contributed by atoms with Gasteiger partial charge in [-0.1, -0.05) is 18.2 Å².